The largest absolute Gasteiger partial charge is 0.439 e. The number of halogens is 1. The number of ether oxygens (including phenoxy) is 1. The highest BCUT2D eigenvalue weighted by atomic mass is 79.9. The molecule has 0 fully saturated rings. The van der Waals surface area contributed by atoms with E-state index in [1.165, 1.54) is 0 Å². The monoisotopic (exact) mass is 342 g/mol. The number of hydrogen-bond acceptors (Lipinski definition) is 3. The number of fused-ring (bicyclic) bond motifs is 1. The molecule has 2 aromatic carbocycles. The van der Waals surface area contributed by atoms with Gasteiger partial charge in [0, 0.05) is 22.8 Å². The van der Waals surface area contributed by atoms with Crippen molar-refractivity contribution in [2.45, 2.75) is 13.0 Å². The van der Waals surface area contributed by atoms with Gasteiger partial charge in [0.2, 0.25) is 5.88 Å². The van der Waals surface area contributed by atoms with Crippen LogP contribution in [0.2, 0.25) is 0 Å². The number of benzene rings is 2. The lowest BCUT2D eigenvalue weighted by atomic mass is 10.1. The third kappa shape index (κ3) is 3.23. The van der Waals surface area contributed by atoms with Gasteiger partial charge >= 0.3 is 0 Å². The summed E-state index contributed by atoms with van der Waals surface area (Å²) in [6.07, 6.45) is 1.71. The van der Waals surface area contributed by atoms with E-state index in [0.29, 0.717) is 5.88 Å². The summed E-state index contributed by atoms with van der Waals surface area (Å²) in [6.45, 7) is 1.94. The number of pyridine rings is 1. The minimum atomic E-state index is -0.0377. The molecular formula is C17H15BrN2O. The van der Waals surface area contributed by atoms with Crippen molar-refractivity contribution in [2.24, 2.45) is 5.73 Å². The van der Waals surface area contributed by atoms with Crippen LogP contribution in [-0.4, -0.2) is 4.98 Å². The van der Waals surface area contributed by atoms with Gasteiger partial charge in [-0.25, -0.2) is 4.98 Å². The molecule has 1 heterocycles. The number of rotatable bonds is 3. The molecule has 21 heavy (non-hydrogen) atoms. The van der Waals surface area contributed by atoms with Crippen LogP contribution in [0.3, 0.4) is 0 Å². The maximum Gasteiger partial charge on any atom is 0.219 e. The van der Waals surface area contributed by atoms with Crippen molar-refractivity contribution >= 4 is 26.7 Å². The average molecular weight is 343 g/mol. The van der Waals surface area contributed by atoms with Gasteiger partial charge in [0.1, 0.15) is 5.75 Å². The summed E-state index contributed by atoms with van der Waals surface area (Å²) in [5.74, 6) is 1.32. The molecule has 0 saturated carbocycles. The van der Waals surface area contributed by atoms with Gasteiger partial charge in [-0.1, -0.05) is 28.1 Å². The molecule has 1 aromatic heterocycles. The Kier molecular flexibility index (Phi) is 3.90. The Labute approximate surface area is 131 Å². The summed E-state index contributed by atoms with van der Waals surface area (Å²) in [5, 5.41) is 2.29. The van der Waals surface area contributed by atoms with E-state index in [1.807, 2.05) is 43.3 Å². The Bertz CT molecular complexity index is 787. The van der Waals surface area contributed by atoms with Gasteiger partial charge in [-0.15, -0.1) is 0 Å². The van der Waals surface area contributed by atoms with Crippen molar-refractivity contribution in [3.05, 3.63) is 64.8 Å². The van der Waals surface area contributed by atoms with Gasteiger partial charge in [0.15, 0.2) is 0 Å². The van der Waals surface area contributed by atoms with E-state index in [1.54, 1.807) is 6.20 Å². The second-order valence-electron chi connectivity index (χ2n) is 4.97. The van der Waals surface area contributed by atoms with Crippen molar-refractivity contribution in [2.75, 3.05) is 0 Å². The molecule has 2 N–H and O–H groups in total. The maximum absolute atomic E-state index is 5.88. The molecule has 4 heteroatoms. The Morgan fingerprint density at radius 1 is 1.05 bits per heavy atom. The number of aromatic nitrogens is 1. The van der Waals surface area contributed by atoms with E-state index in [2.05, 4.69) is 33.0 Å². The predicted molar refractivity (Wildman–Crippen MR) is 88.6 cm³/mol. The van der Waals surface area contributed by atoms with E-state index < -0.39 is 0 Å². The number of nitrogens with zero attached hydrogens (tertiary/aromatic N) is 1. The van der Waals surface area contributed by atoms with Gasteiger partial charge in [0.05, 0.1) is 0 Å². The Morgan fingerprint density at radius 2 is 1.81 bits per heavy atom. The zero-order valence-corrected chi connectivity index (χ0v) is 13.2. The average Bonchev–Trinajstić information content (AvgIpc) is 2.48. The van der Waals surface area contributed by atoms with Crippen LogP contribution in [0.4, 0.5) is 0 Å². The van der Waals surface area contributed by atoms with E-state index in [0.717, 1.165) is 26.6 Å². The Morgan fingerprint density at radius 3 is 2.62 bits per heavy atom. The van der Waals surface area contributed by atoms with E-state index in [4.69, 9.17) is 10.5 Å². The first-order valence-electron chi connectivity index (χ1n) is 6.70. The predicted octanol–water partition coefficient (Wildman–Crippen LogP) is 4.81. The molecule has 106 valence electrons. The molecule has 0 saturated heterocycles. The summed E-state index contributed by atoms with van der Waals surface area (Å²) in [5.41, 5.74) is 6.88. The fourth-order valence-electron chi connectivity index (χ4n) is 2.14. The van der Waals surface area contributed by atoms with Crippen molar-refractivity contribution in [1.29, 1.82) is 0 Å². The minimum absolute atomic E-state index is 0.0377. The molecule has 0 radical (unpaired) electrons. The Balaban J connectivity index is 1.91. The van der Waals surface area contributed by atoms with Gasteiger partial charge in [-0.2, -0.15) is 0 Å². The molecule has 0 aliphatic rings. The van der Waals surface area contributed by atoms with Crippen molar-refractivity contribution in [1.82, 2.24) is 4.98 Å². The lowest BCUT2D eigenvalue weighted by molar-refractivity contribution is 0.462. The SMILES string of the molecule is C[C@H](N)c1ccnc(Oc2ccc3cc(Br)ccc3c2)c1. The van der Waals surface area contributed by atoms with Crippen molar-refractivity contribution < 1.29 is 4.74 Å². The molecule has 3 aromatic rings. The molecule has 0 bridgehead atoms. The summed E-state index contributed by atoms with van der Waals surface area (Å²) >= 11 is 3.47. The van der Waals surface area contributed by atoms with Crippen LogP contribution in [0.1, 0.15) is 18.5 Å². The first-order valence-corrected chi connectivity index (χ1v) is 7.50. The van der Waals surface area contributed by atoms with Crippen LogP contribution < -0.4 is 10.5 Å². The van der Waals surface area contributed by atoms with Crippen LogP contribution in [0.15, 0.2) is 59.2 Å². The fraction of sp³-hybridized carbons (Fsp3) is 0.118. The van der Waals surface area contributed by atoms with Crippen LogP contribution in [0.5, 0.6) is 11.6 Å². The quantitative estimate of drug-likeness (QED) is 0.742. The zero-order valence-electron chi connectivity index (χ0n) is 11.6. The first kappa shape index (κ1) is 14.0. The highest BCUT2D eigenvalue weighted by Crippen LogP contribution is 2.27. The second kappa shape index (κ2) is 5.84. The molecule has 0 amide bonds. The van der Waals surface area contributed by atoms with Crippen molar-refractivity contribution in [3.8, 4) is 11.6 Å². The van der Waals surface area contributed by atoms with Gasteiger partial charge in [-0.3, -0.25) is 0 Å². The summed E-state index contributed by atoms with van der Waals surface area (Å²) in [6, 6.07) is 15.9. The molecule has 1 atom stereocenters. The number of hydrogen-bond donors (Lipinski definition) is 1. The summed E-state index contributed by atoms with van der Waals surface area (Å²) in [4.78, 5) is 4.23. The Hall–Kier alpha value is -1.91. The van der Waals surface area contributed by atoms with E-state index >= 15 is 0 Å². The molecule has 0 unspecified atom stereocenters. The third-order valence-electron chi connectivity index (χ3n) is 3.28. The minimum Gasteiger partial charge on any atom is -0.439 e. The van der Waals surface area contributed by atoms with E-state index in [9.17, 15) is 0 Å². The standard InChI is InChI=1S/C17H15BrN2O/c1-11(19)12-6-7-20-17(10-12)21-16-5-3-13-8-15(18)4-2-14(13)9-16/h2-11H,19H2,1H3/t11-/m0/s1. The molecule has 3 rings (SSSR count). The zero-order chi connectivity index (χ0) is 14.8. The summed E-state index contributed by atoms with van der Waals surface area (Å²) < 4.78 is 6.89. The first-order chi connectivity index (χ1) is 10.1. The third-order valence-corrected chi connectivity index (χ3v) is 3.77. The van der Waals surface area contributed by atoms with Crippen LogP contribution in [0, 0.1) is 0 Å². The topological polar surface area (TPSA) is 48.1 Å². The highest BCUT2D eigenvalue weighted by Gasteiger charge is 2.04. The molecule has 0 aliphatic carbocycles. The second-order valence-corrected chi connectivity index (χ2v) is 5.89. The van der Waals surface area contributed by atoms with Crippen LogP contribution >= 0.6 is 15.9 Å². The van der Waals surface area contributed by atoms with Gasteiger partial charge < -0.3 is 10.5 Å². The fourth-order valence-corrected chi connectivity index (χ4v) is 2.52. The normalized spacial score (nSPS) is 12.3. The van der Waals surface area contributed by atoms with Crippen LogP contribution in [-0.2, 0) is 0 Å². The van der Waals surface area contributed by atoms with Crippen LogP contribution in [0.25, 0.3) is 10.8 Å². The maximum atomic E-state index is 5.88. The number of nitrogens with two attached hydrogens (primary N) is 1. The van der Waals surface area contributed by atoms with E-state index in [-0.39, 0.29) is 6.04 Å². The highest BCUT2D eigenvalue weighted by molar-refractivity contribution is 9.10. The molecule has 0 spiro atoms. The lowest BCUT2D eigenvalue weighted by Gasteiger charge is -2.09. The lowest BCUT2D eigenvalue weighted by Crippen LogP contribution is -2.05. The smallest absolute Gasteiger partial charge is 0.219 e. The van der Waals surface area contributed by atoms with Gasteiger partial charge in [-0.05, 0) is 53.6 Å². The molecule has 3 nitrogen and oxygen atoms in total. The molecule has 0 aliphatic heterocycles. The van der Waals surface area contributed by atoms with Gasteiger partial charge in [0.25, 0.3) is 0 Å². The summed E-state index contributed by atoms with van der Waals surface area (Å²) in [7, 11) is 0. The molecular weight excluding hydrogens is 328 g/mol. The van der Waals surface area contributed by atoms with Crippen molar-refractivity contribution in [3.63, 3.8) is 0 Å².